The Balaban J connectivity index is 1.45. The lowest BCUT2D eigenvalue weighted by Crippen LogP contribution is -2.47. The van der Waals surface area contributed by atoms with Crippen molar-refractivity contribution in [2.45, 2.75) is 40.3 Å². The number of fused-ring (bicyclic) bond motifs is 3. The first-order valence-electron chi connectivity index (χ1n) is 11.6. The van der Waals surface area contributed by atoms with Gasteiger partial charge in [-0.1, -0.05) is 42.0 Å². The monoisotopic (exact) mass is 459 g/mol. The van der Waals surface area contributed by atoms with Crippen molar-refractivity contribution in [1.29, 1.82) is 0 Å². The van der Waals surface area contributed by atoms with E-state index in [1.807, 2.05) is 42.2 Å². The van der Waals surface area contributed by atoms with E-state index in [2.05, 4.69) is 36.9 Å². The molecule has 1 saturated heterocycles. The number of para-hydroxylation sites is 1. The predicted molar refractivity (Wildman–Crippen MR) is 136 cm³/mol. The van der Waals surface area contributed by atoms with Crippen LogP contribution in [0.25, 0.3) is 21.0 Å². The van der Waals surface area contributed by atoms with Gasteiger partial charge in [-0.3, -0.25) is 14.5 Å². The van der Waals surface area contributed by atoms with Crippen LogP contribution in [0.15, 0.2) is 53.3 Å². The molecule has 0 saturated carbocycles. The molecular weight excluding hydrogens is 430 g/mol. The number of aromatic nitrogens is 1. The molecule has 33 heavy (non-hydrogen) atoms. The second-order valence-electron chi connectivity index (χ2n) is 8.97. The minimum Gasteiger partial charge on any atom is -0.325 e. The fraction of sp³-hybridized carbons (Fsp3) is 0.333. The number of benzene rings is 2. The van der Waals surface area contributed by atoms with Crippen LogP contribution in [0.3, 0.4) is 0 Å². The van der Waals surface area contributed by atoms with Gasteiger partial charge in [0.25, 0.3) is 11.5 Å². The lowest BCUT2D eigenvalue weighted by atomic mass is 10.0. The van der Waals surface area contributed by atoms with Crippen LogP contribution in [0.1, 0.15) is 39.7 Å². The smallest absolute Gasteiger partial charge is 0.265 e. The number of rotatable bonds is 4. The van der Waals surface area contributed by atoms with E-state index in [0.29, 0.717) is 23.5 Å². The molecule has 2 aromatic carbocycles. The minimum absolute atomic E-state index is 0.0170. The Morgan fingerprint density at radius 2 is 1.85 bits per heavy atom. The molecule has 0 aliphatic carbocycles. The molecule has 1 amide bonds. The highest BCUT2D eigenvalue weighted by Gasteiger charge is 2.25. The van der Waals surface area contributed by atoms with Crippen molar-refractivity contribution in [3.8, 4) is 0 Å². The predicted octanol–water partition coefficient (Wildman–Crippen LogP) is 5.16. The lowest BCUT2D eigenvalue weighted by Gasteiger charge is -2.35. The number of hydrogen-bond donors (Lipinski definition) is 0. The fourth-order valence-corrected chi connectivity index (χ4v) is 6.01. The van der Waals surface area contributed by atoms with Crippen LogP contribution in [0.5, 0.6) is 0 Å². The Hall–Kier alpha value is -2.96. The van der Waals surface area contributed by atoms with E-state index in [1.165, 1.54) is 28.0 Å². The average Bonchev–Trinajstić information content (AvgIpc) is 3.28. The van der Waals surface area contributed by atoms with Crippen molar-refractivity contribution in [2.75, 3.05) is 19.8 Å². The van der Waals surface area contributed by atoms with Crippen LogP contribution in [-0.2, 0) is 13.1 Å². The second kappa shape index (κ2) is 8.76. The van der Waals surface area contributed by atoms with Gasteiger partial charge < -0.3 is 9.47 Å². The number of aryl methyl sites for hydroxylation is 3. The van der Waals surface area contributed by atoms with Gasteiger partial charge in [-0.25, -0.2) is 0 Å². The summed E-state index contributed by atoms with van der Waals surface area (Å²) < 4.78 is 2.71. The van der Waals surface area contributed by atoms with E-state index in [-0.39, 0.29) is 11.5 Å². The molecule has 5 rings (SSSR count). The third kappa shape index (κ3) is 3.98. The largest absolute Gasteiger partial charge is 0.325 e. The lowest BCUT2D eigenvalue weighted by molar-refractivity contribution is 0.0484. The maximum Gasteiger partial charge on any atom is 0.265 e. The van der Waals surface area contributed by atoms with Gasteiger partial charge in [-0.2, -0.15) is 0 Å². The molecule has 0 unspecified atom stereocenters. The van der Waals surface area contributed by atoms with Crippen molar-refractivity contribution >= 4 is 38.2 Å². The molecule has 3 heterocycles. The minimum atomic E-state index is -0.0170. The maximum absolute atomic E-state index is 13.5. The summed E-state index contributed by atoms with van der Waals surface area (Å²) in [6, 6.07) is 16.3. The molecule has 1 aliphatic heterocycles. The number of pyridine rings is 1. The number of hydrogen-bond acceptors (Lipinski definition) is 4. The van der Waals surface area contributed by atoms with Gasteiger partial charge in [0, 0.05) is 36.3 Å². The van der Waals surface area contributed by atoms with Crippen LogP contribution in [0, 0.1) is 13.8 Å². The van der Waals surface area contributed by atoms with Crippen LogP contribution in [0.4, 0.5) is 0 Å². The van der Waals surface area contributed by atoms with Crippen molar-refractivity contribution in [3.05, 3.63) is 80.5 Å². The molecule has 0 atom stereocenters. The highest BCUT2D eigenvalue weighted by molar-refractivity contribution is 7.21. The molecular formula is C27H29N3O2S. The van der Waals surface area contributed by atoms with Gasteiger partial charge in [-0.15, -0.1) is 11.3 Å². The Bertz CT molecular complexity index is 1420. The molecule has 5 nitrogen and oxygen atoms in total. The van der Waals surface area contributed by atoms with Gasteiger partial charge in [0.15, 0.2) is 0 Å². The van der Waals surface area contributed by atoms with Crippen molar-refractivity contribution in [2.24, 2.45) is 0 Å². The highest BCUT2D eigenvalue weighted by atomic mass is 32.1. The van der Waals surface area contributed by atoms with Crippen LogP contribution in [-0.4, -0.2) is 40.0 Å². The zero-order valence-corrected chi connectivity index (χ0v) is 20.2. The summed E-state index contributed by atoms with van der Waals surface area (Å²) >= 11 is 1.45. The first-order chi connectivity index (χ1) is 16.0. The molecule has 1 aliphatic rings. The Labute approximate surface area is 197 Å². The highest BCUT2D eigenvalue weighted by Crippen LogP contribution is 2.31. The van der Waals surface area contributed by atoms with E-state index >= 15 is 0 Å². The Morgan fingerprint density at radius 1 is 1.03 bits per heavy atom. The van der Waals surface area contributed by atoms with Crippen molar-refractivity contribution in [3.63, 3.8) is 0 Å². The summed E-state index contributed by atoms with van der Waals surface area (Å²) in [7, 11) is 0. The average molecular weight is 460 g/mol. The van der Waals surface area contributed by atoms with Gasteiger partial charge in [0.2, 0.25) is 0 Å². The molecule has 0 spiro atoms. The van der Waals surface area contributed by atoms with Gasteiger partial charge in [0.05, 0.1) is 22.4 Å². The normalized spacial score (nSPS) is 14.9. The molecule has 0 radical (unpaired) electrons. The molecule has 1 fully saturated rings. The number of amides is 1. The molecule has 0 N–H and O–H groups in total. The van der Waals surface area contributed by atoms with Crippen molar-refractivity contribution in [1.82, 2.24) is 14.4 Å². The topological polar surface area (TPSA) is 45.6 Å². The van der Waals surface area contributed by atoms with Crippen LogP contribution >= 0.6 is 11.3 Å². The Kier molecular flexibility index (Phi) is 5.81. The zero-order valence-electron chi connectivity index (χ0n) is 19.4. The first-order valence-corrected chi connectivity index (χ1v) is 12.4. The van der Waals surface area contributed by atoms with E-state index < -0.39 is 0 Å². The number of carbonyl (C=O) groups excluding carboxylic acids is 1. The summed E-state index contributed by atoms with van der Waals surface area (Å²) in [6.07, 6.45) is 0.951. The number of nitrogens with zero attached hydrogens (tertiary/aromatic N) is 3. The molecule has 2 aromatic heterocycles. The Morgan fingerprint density at radius 3 is 2.67 bits per heavy atom. The standard InChI is InChI=1S/C27H29N3O2S/c1-4-30-23-9-6-5-8-21(23)25-22(26(30)31)15-24(33-25)27(32)29-13-7-12-28(17-29)16-20-14-18(2)10-11-19(20)3/h5-6,8-11,14-15H,4,7,12-13,16-17H2,1-3H3. The SMILES string of the molecule is CCn1c(=O)c2cc(C(=O)N3CCCN(Cc4cc(C)ccc4C)C3)sc2c2ccccc21. The third-order valence-electron chi connectivity index (χ3n) is 6.63. The summed E-state index contributed by atoms with van der Waals surface area (Å²) in [4.78, 5) is 31.5. The quantitative estimate of drug-likeness (QED) is 0.424. The summed E-state index contributed by atoms with van der Waals surface area (Å²) in [6.45, 7) is 10.0. The van der Waals surface area contributed by atoms with Crippen LogP contribution in [0.2, 0.25) is 0 Å². The maximum atomic E-state index is 13.5. The fourth-order valence-electron chi connectivity index (χ4n) is 4.86. The van der Waals surface area contributed by atoms with E-state index in [9.17, 15) is 9.59 Å². The van der Waals surface area contributed by atoms with E-state index in [4.69, 9.17) is 0 Å². The molecule has 170 valence electrons. The molecule has 0 bridgehead atoms. The van der Waals surface area contributed by atoms with Gasteiger partial charge in [-0.05, 0) is 50.5 Å². The van der Waals surface area contributed by atoms with E-state index in [0.717, 1.165) is 41.7 Å². The van der Waals surface area contributed by atoms with Gasteiger partial charge in [0.1, 0.15) is 0 Å². The number of carbonyl (C=O) groups is 1. The summed E-state index contributed by atoms with van der Waals surface area (Å²) in [5.74, 6) is 0.0217. The number of thiophene rings is 1. The first kappa shape index (κ1) is 21.9. The van der Waals surface area contributed by atoms with Gasteiger partial charge >= 0.3 is 0 Å². The third-order valence-corrected chi connectivity index (χ3v) is 7.79. The van der Waals surface area contributed by atoms with Crippen molar-refractivity contribution < 1.29 is 4.79 Å². The summed E-state index contributed by atoms with van der Waals surface area (Å²) in [5.41, 5.74) is 4.77. The zero-order chi connectivity index (χ0) is 23.1. The summed E-state index contributed by atoms with van der Waals surface area (Å²) in [5, 5.41) is 1.68. The van der Waals surface area contributed by atoms with E-state index in [1.54, 1.807) is 4.57 Å². The molecule has 4 aromatic rings. The molecule has 6 heteroatoms. The van der Waals surface area contributed by atoms with Crippen LogP contribution < -0.4 is 5.56 Å². The second-order valence-corrected chi connectivity index (χ2v) is 10.0.